The van der Waals surface area contributed by atoms with Gasteiger partial charge in [-0.15, -0.1) is 0 Å². The third-order valence-corrected chi connectivity index (χ3v) is 6.15. The first kappa shape index (κ1) is 9.75. The first-order chi connectivity index (χ1) is 6.80. The fourth-order valence-corrected chi connectivity index (χ4v) is 5.75. The molecule has 0 N–H and O–H groups in total. The lowest BCUT2D eigenvalue weighted by atomic mass is 9.70. The van der Waals surface area contributed by atoms with Crippen LogP contribution in [0.4, 0.5) is 4.39 Å². The molecule has 15 heavy (non-hydrogen) atoms. The van der Waals surface area contributed by atoms with Crippen molar-refractivity contribution < 1.29 is 12.8 Å². The average molecular weight is 231 g/mol. The lowest BCUT2D eigenvalue weighted by Crippen LogP contribution is -2.38. The van der Waals surface area contributed by atoms with Gasteiger partial charge < -0.3 is 0 Å². The van der Waals surface area contributed by atoms with E-state index in [2.05, 4.69) is 4.40 Å². The van der Waals surface area contributed by atoms with E-state index in [1.165, 1.54) is 0 Å². The van der Waals surface area contributed by atoms with Crippen molar-refractivity contribution in [2.24, 2.45) is 21.1 Å². The second kappa shape index (κ2) is 2.29. The van der Waals surface area contributed by atoms with Crippen LogP contribution in [-0.4, -0.2) is 26.1 Å². The van der Waals surface area contributed by atoms with Gasteiger partial charge in [-0.1, -0.05) is 13.8 Å². The molecule has 2 fully saturated rings. The van der Waals surface area contributed by atoms with Crippen LogP contribution >= 0.6 is 0 Å². The van der Waals surface area contributed by atoms with Gasteiger partial charge in [-0.3, -0.25) is 0 Å². The minimum Gasteiger partial charge on any atom is -0.241 e. The molecule has 1 aliphatic heterocycles. The quantitative estimate of drug-likeness (QED) is 0.635. The molecule has 0 unspecified atom stereocenters. The zero-order valence-corrected chi connectivity index (χ0v) is 9.64. The van der Waals surface area contributed by atoms with Gasteiger partial charge in [-0.2, -0.15) is 4.40 Å². The molecular weight excluding hydrogens is 217 g/mol. The molecule has 1 spiro atoms. The summed E-state index contributed by atoms with van der Waals surface area (Å²) >= 11 is 0. The zero-order chi connectivity index (χ0) is 11.1. The number of halogens is 1. The molecular formula is C10H14FNO2S. The molecule has 3 rings (SSSR count). The second-order valence-electron chi connectivity index (χ2n) is 5.55. The fourth-order valence-electron chi connectivity index (χ4n) is 3.83. The summed E-state index contributed by atoms with van der Waals surface area (Å²) in [5, 5.41) is 0. The summed E-state index contributed by atoms with van der Waals surface area (Å²) in [5.41, 5.74) is -0.422. The van der Waals surface area contributed by atoms with E-state index in [-0.39, 0.29) is 17.1 Å². The topological polar surface area (TPSA) is 46.5 Å². The van der Waals surface area contributed by atoms with Crippen molar-refractivity contribution in [1.82, 2.24) is 0 Å². The molecule has 0 aromatic carbocycles. The predicted molar refractivity (Wildman–Crippen MR) is 55.1 cm³/mol. The minimum atomic E-state index is -3.41. The van der Waals surface area contributed by atoms with Crippen molar-refractivity contribution in [3.05, 3.63) is 0 Å². The molecule has 0 radical (unpaired) electrons. The van der Waals surface area contributed by atoms with Gasteiger partial charge in [0.2, 0.25) is 0 Å². The molecule has 3 atom stereocenters. The van der Waals surface area contributed by atoms with Gasteiger partial charge in [-0.25, -0.2) is 12.8 Å². The van der Waals surface area contributed by atoms with E-state index < -0.39 is 21.6 Å². The Balaban J connectivity index is 2.26. The normalized spacial score (nSPS) is 49.1. The Kier molecular flexibility index (Phi) is 1.49. The van der Waals surface area contributed by atoms with Crippen molar-refractivity contribution in [1.29, 1.82) is 0 Å². The summed E-state index contributed by atoms with van der Waals surface area (Å²) in [4.78, 5) is 0. The number of fused-ring (bicyclic) bond motifs is 1. The van der Waals surface area contributed by atoms with E-state index in [0.717, 1.165) is 12.8 Å². The summed E-state index contributed by atoms with van der Waals surface area (Å²) in [6.07, 6.45) is 0.442. The van der Waals surface area contributed by atoms with Gasteiger partial charge in [0.25, 0.3) is 10.0 Å². The van der Waals surface area contributed by atoms with Crippen LogP contribution in [0.25, 0.3) is 0 Å². The van der Waals surface area contributed by atoms with Crippen LogP contribution in [0.15, 0.2) is 4.40 Å². The minimum absolute atomic E-state index is 0.0270. The molecule has 1 heterocycles. The fraction of sp³-hybridized carbons (Fsp3) is 0.900. The summed E-state index contributed by atoms with van der Waals surface area (Å²) in [5.74, 6) is -0.00838. The molecule has 2 bridgehead atoms. The molecule has 5 heteroatoms. The highest BCUT2D eigenvalue weighted by Gasteiger charge is 2.71. The summed E-state index contributed by atoms with van der Waals surface area (Å²) in [6.45, 7) is 3.97. The second-order valence-corrected chi connectivity index (χ2v) is 7.19. The Morgan fingerprint density at radius 1 is 1.47 bits per heavy atom. The number of hydrogen-bond donors (Lipinski definition) is 0. The van der Waals surface area contributed by atoms with E-state index in [4.69, 9.17) is 0 Å². The van der Waals surface area contributed by atoms with E-state index in [1.807, 2.05) is 13.8 Å². The highest BCUT2D eigenvalue weighted by Crippen LogP contribution is 2.67. The van der Waals surface area contributed by atoms with E-state index in [1.54, 1.807) is 0 Å². The van der Waals surface area contributed by atoms with Gasteiger partial charge in [0, 0.05) is 11.3 Å². The number of alkyl halides is 1. The Labute approximate surface area is 88.8 Å². The molecule has 0 saturated heterocycles. The maximum absolute atomic E-state index is 14.0. The molecule has 0 aromatic heterocycles. The smallest absolute Gasteiger partial charge is 0.241 e. The number of nitrogens with zero attached hydrogens (tertiary/aromatic N) is 1. The molecule has 0 aromatic rings. The SMILES string of the molecule is CC1(C)[C@@H]2CC[C@]13CS(=O)(=O)N=C3[C@H]2F. The van der Waals surface area contributed by atoms with Crippen LogP contribution in [0.5, 0.6) is 0 Å². The molecule has 2 saturated carbocycles. The van der Waals surface area contributed by atoms with Crippen molar-refractivity contribution in [2.75, 3.05) is 5.75 Å². The lowest BCUT2D eigenvalue weighted by Gasteiger charge is -2.33. The van der Waals surface area contributed by atoms with Crippen LogP contribution < -0.4 is 0 Å². The lowest BCUT2D eigenvalue weighted by molar-refractivity contribution is 0.164. The summed E-state index contributed by atoms with van der Waals surface area (Å²) in [7, 11) is -3.41. The monoisotopic (exact) mass is 231 g/mol. The van der Waals surface area contributed by atoms with Crippen LogP contribution in [0.2, 0.25) is 0 Å². The van der Waals surface area contributed by atoms with Gasteiger partial charge >= 0.3 is 0 Å². The summed E-state index contributed by atoms with van der Waals surface area (Å²) in [6, 6.07) is 0. The maximum Gasteiger partial charge on any atom is 0.254 e. The van der Waals surface area contributed by atoms with Crippen LogP contribution in [-0.2, 0) is 10.0 Å². The molecule has 2 aliphatic carbocycles. The van der Waals surface area contributed by atoms with Crippen molar-refractivity contribution >= 4 is 15.7 Å². The van der Waals surface area contributed by atoms with Gasteiger partial charge in [0.05, 0.1) is 11.5 Å². The van der Waals surface area contributed by atoms with Crippen molar-refractivity contribution in [3.8, 4) is 0 Å². The van der Waals surface area contributed by atoms with Gasteiger partial charge in [-0.05, 0) is 18.3 Å². The molecule has 84 valence electrons. The van der Waals surface area contributed by atoms with Crippen molar-refractivity contribution in [2.45, 2.75) is 32.9 Å². The molecule has 0 amide bonds. The number of hydrogen-bond acceptors (Lipinski definition) is 2. The third kappa shape index (κ3) is 0.871. The zero-order valence-electron chi connectivity index (χ0n) is 8.83. The highest BCUT2D eigenvalue weighted by atomic mass is 32.2. The van der Waals surface area contributed by atoms with Crippen LogP contribution in [0, 0.1) is 16.7 Å². The molecule has 3 nitrogen and oxygen atoms in total. The number of rotatable bonds is 0. The molecule has 3 aliphatic rings. The van der Waals surface area contributed by atoms with Crippen LogP contribution in [0.1, 0.15) is 26.7 Å². The Bertz CT molecular complexity index is 468. The summed E-state index contributed by atoms with van der Waals surface area (Å²) < 4.78 is 40.7. The van der Waals surface area contributed by atoms with Gasteiger partial charge in [0.1, 0.15) is 6.17 Å². The Morgan fingerprint density at radius 3 is 2.73 bits per heavy atom. The van der Waals surface area contributed by atoms with E-state index in [9.17, 15) is 12.8 Å². The number of sulfonamides is 1. The standard InChI is InChI=1S/C10H14FNO2S/c1-9(2)6-3-4-10(9)5-15(13,14)12-8(10)7(6)11/h6-7H,3-5H2,1-2H3/t6-,7+,10-/m1/s1. The first-order valence-electron chi connectivity index (χ1n) is 5.27. The average Bonchev–Trinajstić information content (AvgIpc) is 2.54. The van der Waals surface area contributed by atoms with Crippen LogP contribution in [0.3, 0.4) is 0 Å². The van der Waals surface area contributed by atoms with Crippen molar-refractivity contribution in [3.63, 3.8) is 0 Å². The predicted octanol–water partition coefficient (Wildman–Crippen LogP) is 1.55. The van der Waals surface area contributed by atoms with Gasteiger partial charge in [0.15, 0.2) is 0 Å². The maximum atomic E-state index is 14.0. The Hall–Kier alpha value is -0.450. The van der Waals surface area contributed by atoms with E-state index >= 15 is 0 Å². The third-order valence-electron chi connectivity index (χ3n) is 4.81. The Morgan fingerprint density at radius 2 is 2.13 bits per heavy atom. The first-order valence-corrected chi connectivity index (χ1v) is 6.88. The van der Waals surface area contributed by atoms with E-state index in [0.29, 0.717) is 5.71 Å². The largest absolute Gasteiger partial charge is 0.254 e. The highest BCUT2D eigenvalue weighted by molar-refractivity contribution is 7.90.